The molecular formula is C35H40O7. The predicted molar refractivity (Wildman–Crippen MR) is 157 cm³/mol. The molecule has 0 bridgehead atoms. The Morgan fingerprint density at radius 2 is 1.57 bits per heavy atom. The third-order valence-corrected chi connectivity index (χ3v) is 10.2. The van der Waals surface area contributed by atoms with E-state index in [1.54, 1.807) is 33.8 Å². The second-order valence-corrected chi connectivity index (χ2v) is 14.1. The summed E-state index contributed by atoms with van der Waals surface area (Å²) >= 11 is 0. The van der Waals surface area contributed by atoms with E-state index >= 15 is 0 Å². The van der Waals surface area contributed by atoms with Crippen molar-refractivity contribution in [3.63, 3.8) is 0 Å². The largest absolute Gasteiger partial charge is 0.507 e. The lowest BCUT2D eigenvalue weighted by Gasteiger charge is -2.61. The zero-order valence-electron chi connectivity index (χ0n) is 25.4. The summed E-state index contributed by atoms with van der Waals surface area (Å²) in [6.45, 7) is 12.3. The predicted octanol–water partition coefficient (Wildman–Crippen LogP) is 4.96. The average molecular weight is 573 g/mol. The summed E-state index contributed by atoms with van der Waals surface area (Å²) in [5.74, 6) is -8.36. The molecule has 0 aliphatic heterocycles. The van der Waals surface area contributed by atoms with Crippen LogP contribution in [-0.2, 0) is 32.0 Å². The van der Waals surface area contributed by atoms with Crippen LogP contribution in [0.15, 0.2) is 36.4 Å². The Labute approximate surface area is 246 Å². The van der Waals surface area contributed by atoms with Gasteiger partial charge in [0.15, 0.2) is 28.7 Å². The van der Waals surface area contributed by atoms with Crippen molar-refractivity contribution in [3.8, 4) is 16.9 Å². The number of phenolic OH excluding ortho intramolecular Hbond substituents is 1. The SMILES string of the molecule is CC(=O)C1C(=O)C(C(C)C)[C@@]2(C)C[C@@]3(C)Cc4c(-c5ccc(CC(C)C)cc5)ccc(O)c4C(=O)C3C(=O)[C@@]2(O)C1=O. The van der Waals surface area contributed by atoms with Gasteiger partial charge in [-0.05, 0) is 71.8 Å². The Morgan fingerprint density at radius 1 is 0.952 bits per heavy atom. The molecule has 0 saturated heterocycles. The summed E-state index contributed by atoms with van der Waals surface area (Å²) < 4.78 is 0. The van der Waals surface area contributed by atoms with Crippen molar-refractivity contribution >= 4 is 28.9 Å². The number of Topliss-reactive ketones (excluding diaryl/α,β-unsaturated/α-hetero) is 5. The highest BCUT2D eigenvalue weighted by Crippen LogP contribution is 2.64. The molecule has 6 atom stereocenters. The molecule has 42 heavy (non-hydrogen) atoms. The molecule has 222 valence electrons. The van der Waals surface area contributed by atoms with Crippen LogP contribution in [0.5, 0.6) is 5.75 Å². The minimum Gasteiger partial charge on any atom is -0.507 e. The lowest BCUT2D eigenvalue weighted by atomic mass is 9.40. The monoisotopic (exact) mass is 572 g/mol. The minimum absolute atomic E-state index is 0.0182. The number of aromatic hydroxyl groups is 1. The molecule has 0 heterocycles. The first-order valence-electron chi connectivity index (χ1n) is 14.8. The van der Waals surface area contributed by atoms with E-state index in [4.69, 9.17) is 0 Å². The van der Waals surface area contributed by atoms with Crippen molar-refractivity contribution in [2.45, 2.75) is 73.3 Å². The number of carbonyl (C=O) groups excluding carboxylic acids is 5. The lowest BCUT2D eigenvalue weighted by molar-refractivity contribution is -0.205. The van der Waals surface area contributed by atoms with Crippen LogP contribution in [0.25, 0.3) is 11.1 Å². The van der Waals surface area contributed by atoms with Crippen molar-refractivity contribution in [1.29, 1.82) is 0 Å². The molecule has 5 rings (SSSR count). The Morgan fingerprint density at radius 3 is 2.12 bits per heavy atom. The summed E-state index contributed by atoms with van der Waals surface area (Å²) in [5, 5.41) is 23.0. The van der Waals surface area contributed by atoms with Gasteiger partial charge in [0.2, 0.25) is 0 Å². The van der Waals surface area contributed by atoms with Gasteiger partial charge in [-0.15, -0.1) is 0 Å². The number of hydrogen-bond donors (Lipinski definition) is 2. The molecule has 2 aromatic carbocycles. The van der Waals surface area contributed by atoms with Crippen molar-refractivity contribution < 1.29 is 34.2 Å². The molecule has 2 N–H and O–H groups in total. The standard InChI is InChI=1S/C35H40O7/c1-17(2)14-20-8-10-21(11-9-20)22-12-13-24(37)26-23(22)15-33(6)16-34(7)27(18(3)4)29(38)25(19(5)36)31(40)35(34,42)32(41)28(33)30(26)39/h8-13,17-18,25,27-28,37,42H,14-16H2,1-7H3/t25?,27?,28?,33-,34-,35+/m1/s1. The number of aliphatic hydroxyl groups is 1. The van der Waals surface area contributed by atoms with E-state index in [9.17, 15) is 34.2 Å². The highest BCUT2D eigenvalue weighted by atomic mass is 16.3. The van der Waals surface area contributed by atoms with Gasteiger partial charge in [-0.2, -0.15) is 0 Å². The summed E-state index contributed by atoms with van der Waals surface area (Å²) in [6.07, 6.45) is 1.18. The first-order valence-corrected chi connectivity index (χ1v) is 14.8. The van der Waals surface area contributed by atoms with Crippen LogP contribution >= 0.6 is 0 Å². The van der Waals surface area contributed by atoms with E-state index in [0.717, 1.165) is 24.5 Å². The molecule has 3 unspecified atom stereocenters. The third-order valence-electron chi connectivity index (χ3n) is 10.2. The van der Waals surface area contributed by atoms with E-state index in [0.29, 0.717) is 11.5 Å². The number of rotatable bonds is 5. The summed E-state index contributed by atoms with van der Waals surface area (Å²) in [7, 11) is 0. The number of fused-ring (bicyclic) bond motifs is 3. The first-order chi connectivity index (χ1) is 19.5. The molecule has 0 amide bonds. The Kier molecular flexibility index (Phi) is 7.00. The molecule has 0 radical (unpaired) electrons. The summed E-state index contributed by atoms with van der Waals surface area (Å²) in [4.78, 5) is 68.6. The van der Waals surface area contributed by atoms with Crippen molar-refractivity contribution in [1.82, 2.24) is 0 Å². The van der Waals surface area contributed by atoms with Crippen LogP contribution in [0.2, 0.25) is 0 Å². The quantitative estimate of drug-likeness (QED) is 0.485. The molecule has 0 aromatic heterocycles. The fourth-order valence-corrected chi connectivity index (χ4v) is 8.70. The number of ketones is 5. The van der Waals surface area contributed by atoms with Crippen molar-refractivity contribution in [2.75, 3.05) is 0 Å². The molecule has 2 saturated carbocycles. The smallest absolute Gasteiger partial charge is 0.190 e. The van der Waals surface area contributed by atoms with Crippen LogP contribution in [0, 0.1) is 40.4 Å². The maximum absolute atomic E-state index is 14.4. The second-order valence-electron chi connectivity index (χ2n) is 14.1. The maximum Gasteiger partial charge on any atom is 0.190 e. The van der Waals surface area contributed by atoms with Gasteiger partial charge in [-0.25, -0.2) is 0 Å². The van der Waals surface area contributed by atoms with E-state index in [2.05, 4.69) is 13.8 Å². The van der Waals surface area contributed by atoms with Gasteiger partial charge in [0.25, 0.3) is 0 Å². The molecule has 3 aliphatic rings. The normalized spacial score (nSPS) is 32.6. The highest BCUT2D eigenvalue weighted by Gasteiger charge is 2.76. The van der Waals surface area contributed by atoms with Crippen LogP contribution in [0.4, 0.5) is 0 Å². The molecule has 3 aliphatic carbocycles. The fraction of sp³-hybridized carbons (Fsp3) is 0.514. The van der Waals surface area contributed by atoms with Gasteiger partial charge in [0.1, 0.15) is 17.5 Å². The van der Waals surface area contributed by atoms with Crippen LogP contribution in [-0.4, -0.2) is 44.7 Å². The Bertz CT molecular complexity index is 1530. The van der Waals surface area contributed by atoms with Gasteiger partial charge in [0, 0.05) is 11.3 Å². The van der Waals surface area contributed by atoms with Gasteiger partial charge in [-0.1, -0.05) is 71.9 Å². The van der Waals surface area contributed by atoms with Gasteiger partial charge >= 0.3 is 0 Å². The summed E-state index contributed by atoms with van der Waals surface area (Å²) in [5.41, 5.74) is -1.84. The molecule has 0 spiro atoms. The van der Waals surface area contributed by atoms with E-state index in [1.165, 1.54) is 11.6 Å². The van der Waals surface area contributed by atoms with Crippen molar-refractivity contribution in [2.24, 2.45) is 40.4 Å². The Hall–Kier alpha value is -3.45. The molecule has 2 fully saturated rings. The number of phenols is 1. The summed E-state index contributed by atoms with van der Waals surface area (Å²) in [6, 6.07) is 11.3. The van der Waals surface area contributed by atoms with Gasteiger partial charge in [-0.3, -0.25) is 24.0 Å². The molecule has 2 aromatic rings. The average Bonchev–Trinajstić information content (AvgIpc) is 2.86. The molecular weight excluding hydrogens is 532 g/mol. The van der Waals surface area contributed by atoms with E-state index < -0.39 is 63.1 Å². The zero-order chi connectivity index (χ0) is 31.1. The van der Waals surface area contributed by atoms with E-state index in [1.807, 2.05) is 24.3 Å². The lowest BCUT2D eigenvalue weighted by Crippen LogP contribution is -2.76. The first kappa shape index (κ1) is 30.0. The van der Waals surface area contributed by atoms with Gasteiger partial charge < -0.3 is 10.2 Å². The third kappa shape index (κ3) is 3.99. The Balaban J connectivity index is 1.69. The zero-order valence-corrected chi connectivity index (χ0v) is 25.4. The fourth-order valence-electron chi connectivity index (χ4n) is 8.70. The second kappa shape index (κ2) is 9.80. The highest BCUT2D eigenvalue weighted by molar-refractivity contribution is 6.32. The maximum atomic E-state index is 14.4. The van der Waals surface area contributed by atoms with Crippen LogP contribution in [0.1, 0.15) is 76.4 Å². The number of carbonyl (C=O) groups is 5. The molecule has 7 heteroatoms. The van der Waals surface area contributed by atoms with Crippen molar-refractivity contribution in [3.05, 3.63) is 53.1 Å². The van der Waals surface area contributed by atoms with E-state index in [-0.39, 0.29) is 30.1 Å². The minimum atomic E-state index is -2.69. The number of hydrogen-bond acceptors (Lipinski definition) is 7. The topological polar surface area (TPSA) is 126 Å². The molecule has 7 nitrogen and oxygen atoms in total. The van der Waals surface area contributed by atoms with Crippen LogP contribution < -0.4 is 0 Å². The van der Waals surface area contributed by atoms with Crippen LogP contribution in [0.3, 0.4) is 0 Å². The van der Waals surface area contributed by atoms with Gasteiger partial charge in [0.05, 0.1) is 11.5 Å². The number of benzene rings is 2.